The summed E-state index contributed by atoms with van der Waals surface area (Å²) < 4.78 is 51.8. The largest absolute Gasteiger partial charge is 0.493 e. The first kappa shape index (κ1) is 25.0. The van der Waals surface area contributed by atoms with Gasteiger partial charge in [0, 0.05) is 23.4 Å². The van der Waals surface area contributed by atoms with Crippen LogP contribution in [0.4, 0.5) is 13.2 Å². The zero-order valence-corrected chi connectivity index (χ0v) is 19.0. The van der Waals surface area contributed by atoms with Crippen LogP contribution < -0.4 is 9.47 Å². The van der Waals surface area contributed by atoms with Gasteiger partial charge in [0.15, 0.2) is 17.3 Å². The predicted molar refractivity (Wildman–Crippen MR) is 121 cm³/mol. The topological polar surface area (TPSA) is 84.4 Å². The van der Waals surface area contributed by atoms with Gasteiger partial charge in [0.2, 0.25) is 0 Å². The summed E-state index contributed by atoms with van der Waals surface area (Å²) in [4.78, 5) is 11.8. The van der Waals surface area contributed by atoms with E-state index in [0.717, 1.165) is 17.3 Å². The molecule has 0 saturated heterocycles. The maximum Gasteiger partial charge on any atom is 0.416 e. The number of nitrogens with one attached hydrogen (secondary N) is 1. The van der Waals surface area contributed by atoms with Crippen molar-refractivity contribution < 1.29 is 32.5 Å². The van der Waals surface area contributed by atoms with Crippen LogP contribution in [-0.4, -0.2) is 34.8 Å². The number of aromatic nitrogens is 2. The SMILES string of the molecule is COc1cc(/C(=C/C(C)=O)c2cn[nH]c2C)ccc1OCc1ccc(CCO)cc1C(F)(F)F. The van der Waals surface area contributed by atoms with Gasteiger partial charge in [0.05, 0.1) is 18.9 Å². The van der Waals surface area contributed by atoms with Crippen LogP contribution in [-0.2, 0) is 24.0 Å². The quantitative estimate of drug-likeness (QED) is 0.432. The van der Waals surface area contributed by atoms with Crippen molar-refractivity contribution in [2.45, 2.75) is 33.1 Å². The lowest BCUT2D eigenvalue weighted by Crippen LogP contribution is -2.12. The molecule has 0 saturated carbocycles. The Labute approximate surface area is 195 Å². The van der Waals surface area contributed by atoms with E-state index in [-0.39, 0.29) is 36.7 Å². The molecule has 0 amide bonds. The lowest BCUT2D eigenvalue weighted by molar-refractivity contribution is -0.138. The average Bonchev–Trinajstić information content (AvgIpc) is 3.21. The van der Waals surface area contributed by atoms with E-state index >= 15 is 0 Å². The summed E-state index contributed by atoms with van der Waals surface area (Å²) in [5.74, 6) is 0.405. The van der Waals surface area contributed by atoms with Gasteiger partial charge in [0.1, 0.15) is 6.61 Å². The summed E-state index contributed by atoms with van der Waals surface area (Å²) in [6.07, 6.45) is -1.34. The Kier molecular flexibility index (Phi) is 7.78. The third-order valence-electron chi connectivity index (χ3n) is 5.21. The van der Waals surface area contributed by atoms with Gasteiger partial charge in [-0.25, -0.2) is 0 Å². The fraction of sp³-hybridized carbons (Fsp3) is 0.280. The smallest absolute Gasteiger partial charge is 0.416 e. The Morgan fingerprint density at radius 2 is 1.94 bits per heavy atom. The maximum absolute atomic E-state index is 13.6. The third-order valence-corrected chi connectivity index (χ3v) is 5.21. The molecule has 0 atom stereocenters. The molecule has 3 aromatic rings. The normalized spacial score (nSPS) is 12.0. The molecule has 0 aliphatic rings. The molecule has 0 aliphatic heterocycles. The Hall–Kier alpha value is -3.59. The standard InChI is InChI=1S/C25H25F3N2O4/c1-15(32)10-20(21-13-29-30-16(21)2)18-6-7-23(24(12-18)33-3)34-14-19-5-4-17(8-9-31)11-22(19)25(26,27)28/h4-7,10-13,31H,8-9,14H2,1-3H3,(H,29,30)/b20-10-. The first-order valence-electron chi connectivity index (χ1n) is 10.5. The Morgan fingerprint density at radius 3 is 2.53 bits per heavy atom. The molecule has 1 heterocycles. The highest BCUT2D eigenvalue weighted by molar-refractivity contribution is 5.99. The molecule has 3 rings (SSSR count). The highest BCUT2D eigenvalue weighted by Crippen LogP contribution is 2.36. The van der Waals surface area contributed by atoms with Gasteiger partial charge in [-0.3, -0.25) is 9.89 Å². The second kappa shape index (κ2) is 10.6. The van der Waals surface area contributed by atoms with Gasteiger partial charge in [-0.2, -0.15) is 18.3 Å². The van der Waals surface area contributed by atoms with Crippen LogP contribution in [0.5, 0.6) is 11.5 Å². The maximum atomic E-state index is 13.6. The minimum absolute atomic E-state index is 0.0356. The number of H-pyrrole nitrogens is 1. The van der Waals surface area contributed by atoms with Crippen LogP contribution in [0.3, 0.4) is 0 Å². The lowest BCUT2D eigenvalue weighted by atomic mass is 9.97. The van der Waals surface area contributed by atoms with Gasteiger partial charge < -0.3 is 14.6 Å². The summed E-state index contributed by atoms with van der Waals surface area (Å²) in [5, 5.41) is 15.9. The second-order valence-corrected chi connectivity index (χ2v) is 7.69. The van der Waals surface area contributed by atoms with E-state index in [2.05, 4.69) is 10.2 Å². The summed E-state index contributed by atoms with van der Waals surface area (Å²) in [7, 11) is 1.42. The summed E-state index contributed by atoms with van der Waals surface area (Å²) in [6, 6.07) is 8.87. The van der Waals surface area contributed by atoms with E-state index in [9.17, 15) is 18.0 Å². The second-order valence-electron chi connectivity index (χ2n) is 7.69. The van der Waals surface area contributed by atoms with Crippen molar-refractivity contribution >= 4 is 11.4 Å². The molecular formula is C25H25F3N2O4. The minimum atomic E-state index is -4.56. The molecule has 0 spiro atoms. The molecule has 1 aromatic heterocycles. The first-order chi connectivity index (χ1) is 16.1. The van der Waals surface area contributed by atoms with Crippen LogP contribution in [0.1, 0.15) is 40.4 Å². The van der Waals surface area contributed by atoms with Crippen molar-refractivity contribution in [3.63, 3.8) is 0 Å². The summed E-state index contributed by atoms with van der Waals surface area (Å²) >= 11 is 0. The number of hydrogen-bond acceptors (Lipinski definition) is 5. The van der Waals surface area contributed by atoms with Gasteiger partial charge >= 0.3 is 6.18 Å². The number of aliphatic hydroxyl groups excluding tert-OH is 1. The molecule has 9 heteroatoms. The molecule has 34 heavy (non-hydrogen) atoms. The molecule has 0 radical (unpaired) electrons. The van der Waals surface area contributed by atoms with E-state index < -0.39 is 11.7 Å². The number of alkyl halides is 3. The first-order valence-corrected chi connectivity index (χ1v) is 10.5. The number of halogens is 3. The van der Waals surface area contributed by atoms with Crippen LogP contribution >= 0.6 is 0 Å². The molecule has 0 unspecified atom stereocenters. The number of allylic oxidation sites excluding steroid dienone is 1. The number of nitrogens with zero attached hydrogens (tertiary/aromatic N) is 1. The zero-order valence-electron chi connectivity index (χ0n) is 19.0. The van der Waals surface area contributed by atoms with Crippen LogP contribution in [0, 0.1) is 6.92 Å². The van der Waals surface area contributed by atoms with E-state index in [1.165, 1.54) is 32.2 Å². The lowest BCUT2D eigenvalue weighted by Gasteiger charge is -2.17. The monoisotopic (exact) mass is 474 g/mol. The number of carbonyl (C=O) groups is 1. The number of aliphatic hydroxyl groups is 1. The number of benzene rings is 2. The van der Waals surface area contributed by atoms with Crippen molar-refractivity contribution in [3.05, 3.63) is 82.2 Å². The van der Waals surface area contributed by atoms with E-state index in [1.54, 1.807) is 24.4 Å². The number of methoxy groups -OCH3 is 1. The van der Waals surface area contributed by atoms with Crippen LogP contribution in [0.2, 0.25) is 0 Å². The Morgan fingerprint density at radius 1 is 1.18 bits per heavy atom. The number of ketones is 1. The number of hydrogen-bond donors (Lipinski definition) is 2. The molecule has 2 N–H and O–H groups in total. The van der Waals surface area contributed by atoms with Crippen LogP contribution in [0.25, 0.3) is 5.57 Å². The number of rotatable bonds is 9. The Balaban J connectivity index is 1.92. The fourth-order valence-electron chi connectivity index (χ4n) is 3.55. The number of aromatic amines is 1. The van der Waals surface area contributed by atoms with Gasteiger partial charge in [-0.15, -0.1) is 0 Å². The Bertz CT molecular complexity index is 1200. The number of ether oxygens (including phenoxy) is 2. The van der Waals surface area contributed by atoms with Crippen molar-refractivity contribution in [3.8, 4) is 11.5 Å². The third kappa shape index (κ3) is 5.85. The van der Waals surface area contributed by atoms with E-state index in [0.29, 0.717) is 22.4 Å². The van der Waals surface area contributed by atoms with Gasteiger partial charge in [0.25, 0.3) is 0 Å². The van der Waals surface area contributed by atoms with Crippen molar-refractivity contribution in [1.29, 1.82) is 0 Å². The molecule has 2 aromatic carbocycles. The van der Waals surface area contributed by atoms with E-state index in [1.807, 2.05) is 6.92 Å². The number of carbonyl (C=O) groups excluding carboxylic acids is 1. The summed E-state index contributed by atoms with van der Waals surface area (Å²) in [5.41, 5.74) is 2.35. The van der Waals surface area contributed by atoms with Gasteiger partial charge in [-0.1, -0.05) is 18.2 Å². The number of aryl methyl sites for hydroxylation is 1. The molecule has 6 nitrogen and oxygen atoms in total. The molecule has 0 fully saturated rings. The molecular weight excluding hydrogens is 449 g/mol. The summed E-state index contributed by atoms with van der Waals surface area (Å²) in [6.45, 7) is 2.69. The van der Waals surface area contributed by atoms with Crippen molar-refractivity contribution in [2.75, 3.05) is 13.7 Å². The highest BCUT2D eigenvalue weighted by Gasteiger charge is 2.33. The fourth-order valence-corrected chi connectivity index (χ4v) is 3.55. The highest BCUT2D eigenvalue weighted by atomic mass is 19.4. The van der Waals surface area contributed by atoms with Gasteiger partial charge in [-0.05, 0) is 61.2 Å². The average molecular weight is 474 g/mol. The predicted octanol–water partition coefficient (Wildman–Crippen LogP) is 4.88. The molecule has 180 valence electrons. The minimum Gasteiger partial charge on any atom is -0.493 e. The molecule has 0 bridgehead atoms. The zero-order chi connectivity index (χ0) is 24.9. The van der Waals surface area contributed by atoms with Crippen molar-refractivity contribution in [2.24, 2.45) is 0 Å². The molecule has 0 aliphatic carbocycles. The van der Waals surface area contributed by atoms with Crippen LogP contribution in [0.15, 0.2) is 48.7 Å². The van der Waals surface area contributed by atoms with E-state index in [4.69, 9.17) is 14.6 Å². The van der Waals surface area contributed by atoms with Crippen molar-refractivity contribution in [1.82, 2.24) is 10.2 Å².